The van der Waals surface area contributed by atoms with Crippen LogP contribution in [0.1, 0.15) is 69.3 Å². The van der Waals surface area contributed by atoms with Gasteiger partial charge in [0, 0.05) is 22.8 Å². The van der Waals surface area contributed by atoms with Gasteiger partial charge in [0.25, 0.3) is 0 Å². The van der Waals surface area contributed by atoms with Crippen LogP contribution in [0.4, 0.5) is 5.69 Å². The van der Waals surface area contributed by atoms with Gasteiger partial charge < -0.3 is 20.1 Å². The van der Waals surface area contributed by atoms with Gasteiger partial charge in [0.2, 0.25) is 0 Å². The van der Waals surface area contributed by atoms with Gasteiger partial charge in [0.1, 0.15) is 5.60 Å². The minimum atomic E-state index is -0.354. The van der Waals surface area contributed by atoms with Crippen LogP contribution in [0.25, 0.3) is 0 Å². The summed E-state index contributed by atoms with van der Waals surface area (Å²) in [6, 6.07) is 4.28. The van der Waals surface area contributed by atoms with E-state index in [-0.39, 0.29) is 11.6 Å². The summed E-state index contributed by atoms with van der Waals surface area (Å²) in [4.78, 5) is 12.1. The normalized spacial score (nSPS) is 19.6. The number of esters is 1. The molecule has 1 aromatic carbocycles. The summed E-state index contributed by atoms with van der Waals surface area (Å²) in [6.07, 6.45) is 4.81. The highest BCUT2D eigenvalue weighted by Crippen LogP contribution is 2.30. The third-order valence-electron chi connectivity index (χ3n) is 4.85. The standard InChI is InChI=1S/C22H33ClN2O3/c1-7-18-19(21(26)27-6)12-15(23)13-20(18)25-17-10-8-16(9-11-17)24-14(2)28-22(3,4)5/h12-13,16-17,24-25H,2,7-11H2,1,3-6H3. The van der Waals surface area contributed by atoms with Gasteiger partial charge in [0.05, 0.1) is 12.7 Å². The SMILES string of the molecule is C=C(NC1CCC(Nc2cc(Cl)cc(C(=O)OC)c2CC)CC1)OC(C)(C)C. The highest BCUT2D eigenvalue weighted by atomic mass is 35.5. The van der Waals surface area contributed by atoms with Crippen LogP contribution in [0.2, 0.25) is 5.02 Å². The number of benzene rings is 1. The van der Waals surface area contributed by atoms with Crippen LogP contribution < -0.4 is 10.6 Å². The van der Waals surface area contributed by atoms with Crippen LogP contribution in [0.5, 0.6) is 0 Å². The molecule has 0 saturated heterocycles. The van der Waals surface area contributed by atoms with E-state index in [1.807, 2.05) is 33.8 Å². The highest BCUT2D eigenvalue weighted by Gasteiger charge is 2.24. The summed E-state index contributed by atoms with van der Waals surface area (Å²) in [7, 11) is 1.39. The fourth-order valence-corrected chi connectivity index (χ4v) is 3.89. The molecule has 1 saturated carbocycles. The quantitative estimate of drug-likeness (QED) is 0.474. The molecule has 0 radical (unpaired) electrons. The lowest BCUT2D eigenvalue weighted by Crippen LogP contribution is -2.38. The molecule has 2 N–H and O–H groups in total. The Morgan fingerprint density at radius 3 is 2.36 bits per heavy atom. The topological polar surface area (TPSA) is 59.6 Å². The Morgan fingerprint density at radius 2 is 1.82 bits per heavy atom. The number of carbonyl (C=O) groups excluding carboxylic acids is 1. The van der Waals surface area contributed by atoms with E-state index >= 15 is 0 Å². The minimum Gasteiger partial charge on any atom is -0.474 e. The highest BCUT2D eigenvalue weighted by molar-refractivity contribution is 6.31. The summed E-state index contributed by atoms with van der Waals surface area (Å²) in [6.45, 7) is 12.1. The Morgan fingerprint density at radius 1 is 1.21 bits per heavy atom. The number of hydrogen-bond donors (Lipinski definition) is 2. The largest absolute Gasteiger partial charge is 0.474 e. The number of nitrogens with one attached hydrogen (secondary N) is 2. The van der Waals surface area contributed by atoms with E-state index in [0.29, 0.717) is 28.6 Å². The van der Waals surface area contributed by atoms with E-state index in [4.69, 9.17) is 21.1 Å². The van der Waals surface area contributed by atoms with Crippen molar-refractivity contribution >= 4 is 23.3 Å². The summed E-state index contributed by atoms with van der Waals surface area (Å²) in [5, 5.41) is 7.53. The van der Waals surface area contributed by atoms with Crippen LogP contribution in [0.15, 0.2) is 24.6 Å². The van der Waals surface area contributed by atoms with Crippen molar-refractivity contribution in [3.8, 4) is 0 Å². The minimum absolute atomic E-state index is 0.247. The third kappa shape index (κ3) is 6.33. The van der Waals surface area contributed by atoms with Crippen molar-refractivity contribution in [2.24, 2.45) is 0 Å². The predicted octanol–water partition coefficient (Wildman–Crippen LogP) is 5.29. The Labute approximate surface area is 173 Å². The van der Waals surface area contributed by atoms with Gasteiger partial charge in [-0.2, -0.15) is 0 Å². The zero-order valence-electron chi connectivity index (χ0n) is 17.7. The molecule has 0 spiro atoms. The maximum atomic E-state index is 12.1. The van der Waals surface area contributed by atoms with Crippen LogP contribution >= 0.6 is 11.6 Å². The summed E-state index contributed by atoms with van der Waals surface area (Å²) in [5.74, 6) is 0.280. The van der Waals surface area contributed by atoms with E-state index in [9.17, 15) is 4.79 Å². The monoisotopic (exact) mass is 408 g/mol. The fourth-order valence-electron chi connectivity index (χ4n) is 3.67. The molecular formula is C22H33ClN2O3. The lowest BCUT2D eigenvalue weighted by atomic mass is 9.90. The summed E-state index contributed by atoms with van der Waals surface area (Å²) >= 11 is 6.25. The maximum absolute atomic E-state index is 12.1. The second-order valence-electron chi connectivity index (χ2n) is 8.30. The smallest absolute Gasteiger partial charge is 0.338 e. The number of methoxy groups -OCH3 is 1. The first kappa shape index (κ1) is 22.4. The molecule has 28 heavy (non-hydrogen) atoms. The molecule has 1 fully saturated rings. The van der Waals surface area contributed by atoms with Crippen molar-refractivity contribution in [2.75, 3.05) is 12.4 Å². The van der Waals surface area contributed by atoms with Crippen LogP contribution in [0, 0.1) is 0 Å². The molecule has 1 aromatic rings. The second-order valence-corrected chi connectivity index (χ2v) is 8.74. The van der Waals surface area contributed by atoms with Gasteiger partial charge >= 0.3 is 5.97 Å². The lowest BCUT2D eigenvalue weighted by molar-refractivity contribution is 0.0368. The molecule has 0 heterocycles. The fraction of sp³-hybridized carbons (Fsp3) is 0.591. The van der Waals surface area contributed by atoms with Crippen LogP contribution in [-0.4, -0.2) is 30.8 Å². The van der Waals surface area contributed by atoms with Gasteiger partial charge in [-0.3, -0.25) is 0 Å². The number of anilines is 1. The zero-order chi connectivity index (χ0) is 20.9. The molecule has 0 unspecified atom stereocenters. The number of hydrogen-bond acceptors (Lipinski definition) is 5. The predicted molar refractivity (Wildman–Crippen MR) is 115 cm³/mol. The Bertz CT molecular complexity index is 704. The molecule has 1 aliphatic carbocycles. The molecule has 0 bridgehead atoms. The molecule has 0 amide bonds. The molecule has 2 rings (SSSR count). The first-order valence-electron chi connectivity index (χ1n) is 9.94. The van der Waals surface area contributed by atoms with Crippen molar-refractivity contribution in [3.05, 3.63) is 40.7 Å². The number of carbonyl (C=O) groups is 1. The summed E-state index contributed by atoms with van der Waals surface area (Å²) in [5.41, 5.74) is 2.16. The molecule has 0 atom stereocenters. The Kier molecular flexibility index (Phi) is 7.64. The first-order chi connectivity index (χ1) is 13.1. The second kappa shape index (κ2) is 9.55. The molecule has 6 heteroatoms. The van der Waals surface area contributed by atoms with Crippen molar-refractivity contribution in [2.45, 2.75) is 77.5 Å². The van der Waals surface area contributed by atoms with Crippen LogP contribution in [0.3, 0.4) is 0 Å². The first-order valence-corrected chi connectivity index (χ1v) is 10.3. The zero-order valence-corrected chi connectivity index (χ0v) is 18.4. The average Bonchev–Trinajstić information content (AvgIpc) is 2.60. The molecule has 0 aromatic heterocycles. The van der Waals surface area contributed by atoms with E-state index in [0.717, 1.165) is 43.4 Å². The van der Waals surface area contributed by atoms with Crippen molar-refractivity contribution in [1.82, 2.24) is 5.32 Å². The Balaban J connectivity index is 1.98. The van der Waals surface area contributed by atoms with E-state index in [1.54, 1.807) is 6.07 Å². The van der Waals surface area contributed by atoms with Crippen molar-refractivity contribution in [3.63, 3.8) is 0 Å². The molecule has 0 aliphatic heterocycles. The van der Waals surface area contributed by atoms with Crippen molar-refractivity contribution < 1.29 is 14.3 Å². The van der Waals surface area contributed by atoms with Gasteiger partial charge in [0.15, 0.2) is 5.88 Å². The van der Waals surface area contributed by atoms with Gasteiger partial charge in [-0.15, -0.1) is 0 Å². The Hall–Kier alpha value is -1.88. The average molecular weight is 409 g/mol. The molecule has 5 nitrogen and oxygen atoms in total. The number of ether oxygens (including phenoxy) is 2. The van der Waals surface area contributed by atoms with E-state index in [1.165, 1.54) is 7.11 Å². The molecule has 156 valence electrons. The number of halogens is 1. The third-order valence-corrected chi connectivity index (χ3v) is 5.07. The van der Waals surface area contributed by atoms with Gasteiger partial charge in [-0.25, -0.2) is 4.79 Å². The maximum Gasteiger partial charge on any atom is 0.338 e. The van der Waals surface area contributed by atoms with E-state index in [2.05, 4.69) is 17.2 Å². The molecular weight excluding hydrogens is 376 g/mol. The lowest BCUT2D eigenvalue weighted by Gasteiger charge is -2.33. The van der Waals surface area contributed by atoms with Crippen molar-refractivity contribution in [1.29, 1.82) is 0 Å². The summed E-state index contributed by atoms with van der Waals surface area (Å²) < 4.78 is 10.7. The van der Waals surface area contributed by atoms with Crippen LogP contribution in [-0.2, 0) is 15.9 Å². The molecule has 1 aliphatic rings. The van der Waals surface area contributed by atoms with Gasteiger partial charge in [-0.1, -0.05) is 18.5 Å². The number of rotatable bonds is 7. The van der Waals surface area contributed by atoms with Gasteiger partial charge in [-0.05, 0) is 77.2 Å². The van der Waals surface area contributed by atoms with E-state index < -0.39 is 0 Å².